The van der Waals surface area contributed by atoms with Gasteiger partial charge in [0.05, 0.1) is 24.9 Å². The molecule has 0 saturated heterocycles. The highest BCUT2D eigenvalue weighted by atomic mass is 16.5. The zero-order valence-electron chi connectivity index (χ0n) is 15.5. The summed E-state index contributed by atoms with van der Waals surface area (Å²) in [4.78, 5) is 0. The molecular formula is C19H41NO3. The van der Waals surface area contributed by atoms with Crippen molar-refractivity contribution in [2.45, 2.75) is 109 Å². The van der Waals surface area contributed by atoms with Crippen LogP contribution in [0.5, 0.6) is 0 Å². The van der Waals surface area contributed by atoms with Gasteiger partial charge in [-0.1, -0.05) is 71.1 Å². The van der Waals surface area contributed by atoms with Crippen molar-refractivity contribution in [3.8, 4) is 0 Å². The number of methoxy groups -OCH3 is 1. The van der Waals surface area contributed by atoms with Crippen LogP contribution in [0.15, 0.2) is 0 Å². The maximum Gasteiger partial charge on any atom is 0.0714 e. The molecule has 4 heteroatoms. The van der Waals surface area contributed by atoms with E-state index in [-0.39, 0.29) is 12.7 Å². The highest BCUT2D eigenvalue weighted by Crippen LogP contribution is 2.16. The largest absolute Gasteiger partial charge is 0.395 e. The molecule has 0 amide bonds. The molecule has 0 bridgehead atoms. The highest BCUT2D eigenvalue weighted by Gasteiger charge is 2.16. The SMILES string of the molecule is CCCCCCCCCCCCC(CC[C@@H](O)[C@@H](N)CO)OC. The topological polar surface area (TPSA) is 75.7 Å². The first-order valence-corrected chi connectivity index (χ1v) is 9.73. The van der Waals surface area contributed by atoms with Gasteiger partial charge in [0.25, 0.3) is 0 Å². The van der Waals surface area contributed by atoms with Crippen molar-refractivity contribution in [2.24, 2.45) is 5.73 Å². The number of unbranched alkanes of at least 4 members (excludes halogenated alkanes) is 9. The third-order valence-corrected chi connectivity index (χ3v) is 4.70. The molecule has 0 aromatic rings. The van der Waals surface area contributed by atoms with Gasteiger partial charge in [0.1, 0.15) is 0 Å². The van der Waals surface area contributed by atoms with Gasteiger partial charge in [-0.2, -0.15) is 0 Å². The van der Waals surface area contributed by atoms with Crippen LogP contribution in [0.4, 0.5) is 0 Å². The Morgan fingerprint density at radius 1 is 0.826 bits per heavy atom. The van der Waals surface area contributed by atoms with Crippen LogP contribution in [-0.4, -0.2) is 42.2 Å². The monoisotopic (exact) mass is 331 g/mol. The Labute approximate surface area is 143 Å². The van der Waals surface area contributed by atoms with Crippen LogP contribution in [0.1, 0.15) is 90.4 Å². The summed E-state index contributed by atoms with van der Waals surface area (Å²) in [5.41, 5.74) is 5.61. The highest BCUT2D eigenvalue weighted by molar-refractivity contribution is 4.72. The molecule has 1 unspecified atom stereocenters. The van der Waals surface area contributed by atoms with E-state index in [1.807, 2.05) is 0 Å². The van der Waals surface area contributed by atoms with Crippen molar-refractivity contribution in [3.63, 3.8) is 0 Å². The molecule has 4 nitrogen and oxygen atoms in total. The predicted molar refractivity (Wildman–Crippen MR) is 97.6 cm³/mol. The second-order valence-corrected chi connectivity index (χ2v) is 6.82. The van der Waals surface area contributed by atoms with E-state index in [1.54, 1.807) is 7.11 Å². The number of rotatable bonds is 17. The predicted octanol–water partition coefficient (Wildman–Crippen LogP) is 3.77. The van der Waals surface area contributed by atoms with Crippen LogP contribution in [0.2, 0.25) is 0 Å². The maximum absolute atomic E-state index is 9.77. The summed E-state index contributed by atoms with van der Waals surface area (Å²) >= 11 is 0. The fourth-order valence-corrected chi connectivity index (χ4v) is 2.93. The molecule has 0 spiro atoms. The number of nitrogens with two attached hydrogens (primary N) is 1. The normalized spacial score (nSPS) is 15.5. The van der Waals surface area contributed by atoms with Crippen LogP contribution in [0, 0.1) is 0 Å². The Hall–Kier alpha value is -0.160. The Bertz CT molecular complexity index is 239. The lowest BCUT2D eigenvalue weighted by Gasteiger charge is -2.20. The lowest BCUT2D eigenvalue weighted by molar-refractivity contribution is 0.0518. The van der Waals surface area contributed by atoms with Gasteiger partial charge in [0.15, 0.2) is 0 Å². The van der Waals surface area contributed by atoms with Gasteiger partial charge < -0.3 is 20.7 Å². The third-order valence-electron chi connectivity index (χ3n) is 4.70. The molecule has 0 aliphatic rings. The average molecular weight is 332 g/mol. The Morgan fingerprint density at radius 3 is 1.83 bits per heavy atom. The van der Waals surface area contributed by atoms with Crippen molar-refractivity contribution < 1.29 is 14.9 Å². The third kappa shape index (κ3) is 13.9. The van der Waals surface area contributed by atoms with Crippen LogP contribution in [0.3, 0.4) is 0 Å². The van der Waals surface area contributed by atoms with Gasteiger partial charge >= 0.3 is 0 Å². The summed E-state index contributed by atoms with van der Waals surface area (Å²) in [6.07, 6.45) is 15.4. The first-order chi connectivity index (χ1) is 11.2. The standard InChI is InChI=1S/C19H41NO3/c1-3-4-5-6-7-8-9-10-11-12-13-17(23-2)14-15-19(22)18(20)16-21/h17-19,21-22H,3-16,20H2,1-2H3/t17?,18-,19+/m0/s1. The van der Waals surface area contributed by atoms with Crippen molar-refractivity contribution in [2.75, 3.05) is 13.7 Å². The molecule has 0 aromatic carbocycles. The zero-order chi connectivity index (χ0) is 17.3. The molecule has 0 aromatic heterocycles. The Morgan fingerprint density at radius 2 is 1.35 bits per heavy atom. The molecule has 0 aliphatic carbocycles. The molecule has 3 atom stereocenters. The van der Waals surface area contributed by atoms with E-state index in [2.05, 4.69) is 6.92 Å². The molecule has 0 heterocycles. The number of ether oxygens (including phenoxy) is 1. The van der Waals surface area contributed by atoms with Crippen molar-refractivity contribution in [1.29, 1.82) is 0 Å². The van der Waals surface area contributed by atoms with Crippen molar-refractivity contribution in [1.82, 2.24) is 0 Å². The van der Waals surface area contributed by atoms with E-state index < -0.39 is 12.1 Å². The molecule has 23 heavy (non-hydrogen) atoms. The van der Waals surface area contributed by atoms with Gasteiger partial charge in [-0.05, 0) is 19.3 Å². The van der Waals surface area contributed by atoms with E-state index in [0.29, 0.717) is 6.42 Å². The van der Waals surface area contributed by atoms with Gasteiger partial charge in [0.2, 0.25) is 0 Å². The zero-order valence-corrected chi connectivity index (χ0v) is 15.5. The molecule has 0 aliphatic heterocycles. The molecule has 4 N–H and O–H groups in total. The fraction of sp³-hybridized carbons (Fsp3) is 1.00. The smallest absolute Gasteiger partial charge is 0.0714 e. The van der Waals surface area contributed by atoms with Crippen LogP contribution in [0.25, 0.3) is 0 Å². The molecular weight excluding hydrogens is 290 g/mol. The van der Waals surface area contributed by atoms with E-state index >= 15 is 0 Å². The molecule has 0 fully saturated rings. The van der Waals surface area contributed by atoms with E-state index in [4.69, 9.17) is 15.6 Å². The molecule has 0 radical (unpaired) electrons. The minimum Gasteiger partial charge on any atom is -0.395 e. The summed E-state index contributed by atoms with van der Waals surface area (Å²) in [5, 5.41) is 18.7. The first-order valence-electron chi connectivity index (χ1n) is 9.73. The molecule has 140 valence electrons. The lowest BCUT2D eigenvalue weighted by Crippen LogP contribution is -2.38. The second kappa shape index (κ2) is 16.7. The van der Waals surface area contributed by atoms with Crippen molar-refractivity contribution >= 4 is 0 Å². The van der Waals surface area contributed by atoms with Gasteiger partial charge in [0, 0.05) is 7.11 Å². The summed E-state index contributed by atoms with van der Waals surface area (Å²) in [6.45, 7) is 2.09. The van der Waals surface area contributed by atoms with Crippen LogP contribution in [-0.2, 0) is 4.74 Å². The molecule has 0 rings (SSSR count). The second-order valence-electron chi connectivity index (χ2n) is 6.82. The van der Waals surface area contributed by atoms with Gasteiger partial charge in [-0.3, -0.25) is 0 Å². The number of aliphatic hydroxyl groups excluding tert-OH is 2. The number of aliphatic hydroxyl groups is 2. The summed E-state index contributed by atoms with van der Waals surface area (Å²) in [7, 11) is 1.74. The number of hydrogen-bond donors (Lipinski definition) is 3. The van der Waals surface area contributed by atoms with Gasteiger partial charge in [-0.15, -0.1) is 0 Å². The minimum absolute atomic E-state index is 0.169. The Balaban J connectivity index is 3.46. The van der Waals surface area contributed by atoms with Crippen molar-refractivity contribution in [3.05, 3.63) is 0 Å². The van der Waals surface area contributed by atoms with E-state index in [0.717, 1.165) is 12.8 Å². The summed E-state index contributed by atoms with van der Waals surface area (Å²) in [6, 6.07) is -0.537. The Kier molecular flexibility index (Phi) is 16.6. The summed E-state index contributed by atoms with van der Waals surface area (Å²) < 4.78 is 5.48. The van der Waals surface area contributed by atoms with E-state index in [9.17, 15) is 5.11 Å². The van der Waals surface area contributed by atoms with Crippen LogP contribution >= 0.6 is 0 Å². The average Bonchev–Trinajstić information content (AvgIpc) is 2.58. The quantitative estimate of drug-likeness (QED) is 0.355. The van der Waals surface area contributed by atoms with Gasteiger partial charge in [-0.25, -0.2) is 0 Å². The first kappa shape index (κ1) is 22.8. The lowest BCUT2D eigenvalue weighted by atomic mass is 10.00. The maximum atomic E-state index is 9.77. The number of hydrogen-bond acceptors (Lipinski definition) is 4. The summed E-state index contributed by atoms with van der Waals surface area (Å²) in [5.74, 6) is 0. The van der Waals surface area contributed by atoms with E-state index in [1.165, 1.54) is 64.2 Å². The molecule has 0 saturated carbocycles. The van der Waals surface area contributed by atoms with Crippen LogP contribution < -0.4 is 5.73 Å². The fourth-order valence-electron chi connectivity index (χ4n) is 2.93. The minimum atomic E-state index is -0.634.